The van der Waals surface area contributed by atoms with E-state index in [1.54, 1.807) is 0 Å². The molecule has 2 heterocycles. The summed E-state index contributed by atoms with van der Waals surface area (Å²) >= 11 is 0. The topological polar surface area (TPSA) is 71.4 Å². The number of fused-ring (bicyclic) bond motifs is 1. The van der Waals surface area contributed by atoms with Crippen LogP contribution in [0.5, 0.6) is 0 Å². The van der Waals surface area contributed by atoms with Gasteiger partial charge in [-0.3, -0.25) is 4.90 Å². The summed E-state index contributed by atoms with van der Waals surface area (Å²) in [4.78, 5) is 2.23. The zero-order chi connectivity index (χ0) is 24.7. The Labute approximate surface area is 213 Å². The van der Waals surface area contributed by atoms with Gasteiger partial charge >= 0.3 is 0 Å². The molecule has 0 saturated carbocycles. The van der Waals surface area contributed by atoms with Crippen molar-refractivity contribution in [2.75, 3.05) is 13.2 Å². The van der Waals surface area contributed by atoms with Crippen molar-refractivity contribution in [3.05, 3.63) is 108 Å². The predicted molar refractivity (Wildman–Crippen MR) is 137 cm³/mol. The van der Waals surface area contributed by atoms with E-state index >= 15 is 0 Å². The molecule has 0 bridgehead atoms. The molecule has 6 heteroatoms. The van der Waals surface area contributed by atoms with Crippen molar-refractivity contribution in [3.63, 3.8) is 0 Å². The number of ether oxygens (including phenoxy) is 3. The van der Waals surface area contributed by atoms with Crippen molar-refractivity contribution in [2.24, 2.45) is 0 Å². The maximum absolute atomic E-state index is 10.5. The van der Waals surface area contributed by atoms with Gasteiger partial charge in [-0.25, -0.2) is 0 Å². The van der Waals surface area contributed by atoms with E-state index in [-0.39, 0.29) is 24.3 Å². The summed E-state index contributed by atoms with van der Waals surface area (Å²) in [6.45, 7) is 2.22. The fraction of sp³-hybridized carbons (Fsp3) is 0.400. The Morgan fingerprint density at radius 1 is 0.639 bits per heavy atom. The summed E-state index contributed by atoms with van der Waals surface area (Å²) < 4.78 is 19.3. The van der Waals surface area contributed by atoms with Crippen LogP contribution in [0.25, 0.3) is 0 Å². The van der Waals surface area contributed by atoms with Crippen LogP contribution in [0.15, 0.2) is 91.0 Å². The summed E-state index contributed by atoms with van der Waals surface area (Å²) in [5, 5.41) is 21.0. The smallest absolute Gasteiger partial charge is 0.103 e. The molecule has 0 amide bonds. The zero-order valence-corrected chi connectivity index (χ0v) is 20.4. The van der Waals surface area contributed by atoms with E-state index in [4.69, 9.17) is 14.2 Å². The van der Waals surface area contributed by atoms with Gasteiger partial charge in [0.15, 0.2) is 0 Å². The first-order valence-corrected chi connectivity index (χ1v) is 12.7. The van der Waals surface area contributed by atoms with Gasteiger partial charge in [0.2, 0.25) is 0 Å². The van der Waals surface area contributed by atoms with Crippen LogP contribution in [-0.4, -0.2) is 64.8 Å². The number of hydrogen-bond donors (Lipinski definition) is 2. The van der Waals surface area contributed by atoms with Crippen molar-refractivity contribution in [1.29, 1.82) is 0 Å². The molecule has 0 aliphatic carbocycles. The first-order valence-electron chi connectivity index (χ1n) is 12.7. The Bertz CT molecular complexity index is 1050. The largest absolute Gasteiger partial charge is 0.390 e. The highest BCUT2D eigenvalue weighted by Gasteiger charge is 2.54. The monoisotopic (exact) mass is 489 g/mol. The third kappa shape index (κ3) is 6.03. The fourth-order valence-electron chi connectivity index (χ4n) is 5.35. The van der Waals surface area contributed by atoms with Crippen LogP contribution in [0.4, 0.5) is 0 Å². The summed E-state index contributed by atoms with van der Waals surface area (Å²) in [6.07, 6.45) is -1.69. The molecule has 2 N–H and O–H groups in total. The molecule has 2 aliphatic heterocycles. The van der Waals surface area contributed by atoms with E-state index in [0.29, 0.717) is 39.4 Å². The number of piperidine rings is 1. The van der Waals surface area contributed by atoms with Gasteiger partial charge in [0.05, 0.1) is 44.7 Å². The Kier molecular flexibility index (Phi) is 8.43. The molecule has 36 heavy (non-hydrogen) atoms. The van der Waals surface area contributed by atoms with E-state index in [2.05, 4.69) is 17.0 Å². The SMILES string of the molecule is O[C@@H]1C[C@@H]2[C@@H](OCc3ccccc3)[C@H](OCc3ccccc3)[C@@H](COCc3ccccc3)N2C[C@H]1O. The van der Waals surface area contributed by atoms with Gasteiger partial charge < -0.3 is 24.4 Å². The number of aliphatic hydroxyl groups is 2. The molecule has 0 radical (unpaired) electrons. The molecule has 2 saturated heterocycles. The molecule has 0 aromatic heterocycles. The van der Waals surface area contributed by atoms with Gasteiger partial charge in [0.25, 0.3) is 0 Å². The quantitative estimate of drug-likeness (QED) is 0.454. The number of hydrogen-bond acceptors (Lipinski definition) is 6. The average molecular weight is 490 g/mol. The lowest BCUT2D eigenvalue weighted by atomic mass is 9.96. The van der Waals surface area contributed by atoms with Gasteiger partial charge in [-0.15, -0.1) is 0 Å². The van der Waals surface area contributed by atoms with Crippen LogP contribution in [0, 0.1) is 0 Å². The Morgan fingerprint density at radius 3 is 1.69 bits per heavy atom. The first-order chi connectivity index (χ1) is 17.7. The van der Waals surface area contributed by atoms with E-state index in [1.807, 2.05) is 78.9 Å². The normalized spacial score (nSPS) is 28.2. The highest BCUT2D eigenvalue weighted by Crippen LogP contribution is 2.37. The minimum atomic E-state index is -0.805. The Morgan fingerprint density at radius 2 is 1.14 bits per heavy atom. The second-order valence-electron chi connectivity index (χ2n) is 9.73. The number of nitrogens with zero attached hydrogens (tertiary/aromatic N) is 1. The van der Waals surface area contributed by atoms with Gasteiger partial charge in [0.1, 0.15) is 12.2 Å². The molecule has 190 valence electrons. The standard InChI is InChI=1S/C30H35NO5/c32-27-16-25-29(35-19-23-12-6-2-7-13-23)30(36-20-24-14-8-3-9-15-24)26(31(25)17-28(27)33)21-34-18-22-10-4-1-5-11-22/h1-15,25-30,32-33H,16-21H2/t25-,26-,27-,28-,29-,30-/m1/s1. The highest BCUT2D eigenvalue weighted by molar-refractivity contribution is 5.16. The van der Waals surface area contributed by atoms with Crippen molar-refractivity contribution < 1.29 is 24.4 Å². The van der Waals surface area contributed by atoms with Crippen LogP contribution in [0.1, 0.15) is 23.1 Å². The van der Waals surface area contributed by atoms with Crippen LogP contribution in [0.2, 0.25) is 0 Å². The second-order valence-corrected chi connectivity index (χ2v) is 9.73. The molecule has 6 atom stereocenters. The summed E-state index contributed by atoms with van der Waals surface area (Å²) in [5.41, 5.74) is 3.29. The van der Waals surface area contributed by atoms with E-state index in [1.165, 1.54) is 0 Å². The minimum absolute atomic E-state index is 0.0711. The molecule has 6 nitrogen and oxygen atoms in total. The number of rotatable bonds is 10. The summed E-state index contributed by atoms with van der Waals surface area (Å²) in [6, 6.07) is 30.1. The second kappa shape index (κ2) is 12.1. The lowest BCUT2D eigenvalue weighted by Crippen LogP contribution is -2.54. The molecule has 0 spiro atoms. The van der Waals surface area contributed by atoms with E-state index < -0.39 is 12.2 Å². The highest BCUT2D eigenvalue weighted by atomic mass is 16.5. The summed E-state index contributed by atoms with van der Waals surface area (Å²) in [5.74, 6) is 0. The lowest BCUT2D eigenvalue weighted by Gasteiger charge is -2.39. The van der Waals surface area contributed by atoms with Crippen molar-refractivity contribution >= 4 is 0 Å². The fourth-order valence-corrected chi connectivity index (χ4v) is 5.35. The Hall–Kier alpha value is -2.58. The van der Waals surface area contributed by atoms with Crippen molar-refractivity contribution in [3.8, 4) is 0 Å². The lowest BCUT2D eigenvalue weighted by molar-refractivity contribution is -0.0948. The van der Waals surface area contributed by atoms with Crippen LogP contribution >= 0.6 is 0 Å². The summed E-state index contributed by atoms with van der Waals surface area (Å²) in [7, 11) is 0. The van der Waals surface area contributed by atoms with E-state index in [0.717, 1.165) is 16.7 Å². The molecule has 5 rings (SSSR count). The van der Waals surface area contributed by atoms with Crippen molar-refractivity contribution in [1.82, 2.24) is 4.90 Å². The molecule has 2 fully saturated rings. The van der Waals surface area contributed by atoms with Crippen molar-refractivity contribution in [2.45, 2.75) is 62.7 Å². The molecule has 2 aliphatic rings. The minimum Gasteiger partial charge on any atom is -0.390 e. The third-order valence-corrected chi connectivity index (χ3v) is 7.23. The van der Waals surface area contributed by atoms with Gasteiger partial charge in [-0.2, -0.15) is 0 Å². The van der Waals surface area contributed by atoms with E-state index in [9.17, 15) is 10.2 Å². The maximum atomic E-state index is 10.5. The predicted octanol–water partition coefficient (Wildman–Crippen LogP) is 3.55. The molecular formula is C30H35NO5. The molecular weight excluding hydrogens is 454 g/mol. The zero-order valence-electron chi connectivity index (χ0n) is 20.4. The average Bonchev–Trinajstić information content (AvgIpc) is 3.19. The number of aliphatic hydroxyl groups excluding tert-OH is 2. The van der Waals surface area contributed by atoms with Gasteiger partial charge in [-0.1, -0.05) is 91.0 Å². The number of benzene rings is 3. The third-order valence-electron chi connectivity index (χ3n) is 7.23. The van der Waals surface area contributed by atoms with Crippen LogP contribution in [-0.2, 0) is 34.0 Å². The first kappa shape index (κ1) is 25.1. The Balaban J connectivity index is 1.36. The van der Waals surface area contributed by atoms with Gasteiger partial charge in [-0.05, 0) is 23.1 Å². The van der Waals surface area contributed by atoms with Crippen LogP contribution < -0.4 is 0 Å². The molecule has 3 aromatic carbocycles. The van der Waals surface area contributed by atoms with Crippen LogP contribution in [0.3, 0.4) is 0 Å². The molecule has 0 unspecified atom stereocenters. The molecule has 3 aromatic rings. The maximum Gasteiger partial charge on any atom is 0.103 e. The van der Waals surface area contributed by atoms with Gasteiger partial charge in [0, 0.05) is 12.6 Å².